The molecule has 0 fully saturated rings. The average molecular weight is 907 g/mol. The van der Waals surface area contributed by atoms with Crippen LogP contribution < -0.4 is 0 Å². The van der Waals surface area contributed by atoms with Crippen LogP contribution in [0, 0.1) is 0 Å². The molecule has 0 aromatic rings. The van der Waals surface area contributed by atoms with Crippen LogP contribution in [-0.4, -0.2) is 37.2 Å². The number of hydrogen-bond donors (Lipinski definition) is 0. The number of esters is 3. The number of unbranched alkanes of at least 4 members (excludes halogenated alkanes) is 30. The predicted octanol–water partition coefficient (Wildman–Crippen LogP) is 18.2. The van der Waals surface area contributed by atoms with Gasteiger partial charge in [-0.3, -0.25) is 14.4 Å². The summed E-state index contributed by atoms with van der Waals surface area (Å²) in [5, 5.41) is 0. The first kappa shape index (κ1) is 61.9. The van der Waals surface area contributed by atoms with Gasteiger partial charge in [0.15, 0.2) is 6.10 Å². The van der Waals surface area contributed by atoms with E-state index in [1.165, 1.54) is 148 Å². The van der Waals surface area contributed by atoms with Gasteiger partial charge >= 0.3 is 17.9 Å². The number of hydrogen-bond acceptors (Lipinski definition) is 6. The first-order chi connectivity index (χ1) is 32.0. The Bertz CT molecular complexity index is 1230. The van der Waals surface area contributed by atoms with Crippen molar-refractivity contribution in [3.05, 3.63) is 72.9 Å². The largest absolute Gasteiger partial charge is 0.462 e. The third-order valence-electron chi connectivity index (χ3n) is 11.8. The molecule has 0 saturated heterocycles. The highest BCUT2D eigenvalue weighted by Gasteiger charge is 2.19. The average Bonchev–Trinajstić information content (AvgIpc) is 3.30. The van der Waals surface area contributed by atoms with E-state index in [-0.39, 0.29) is 37.5 Å². The number of carbonyl (C=O) groups is 3. The van der Waals surface area contributed by atoms with Crippen molar-refractivity contribution in [3.63, 3.8) is 0 Å². The number of ether oxygens (including phenoxy) is 3. The van der Waals surface area contributed by atoms with E-state index >= 15 is 0 Å². The van der Waals surface area contributed by atoms with Gasteiger partial charge in [0.25, 0.3) is 0 Å². The highest BCUT2D eigenvalue weighted by Crippen LogP contribution is 2.15. The molecular weight excluding hydrogens is 805 g/mol. The topological polar surface area (TPSA) is 78.9 Å². The zero-order valence-corrected chi connectivity index (χ0v) is 42.7. The van der Waals surface area contributed by atoms with Crippen LogP contribution in [0.5, 0.6) is 0 Å². The summed E-state index contributed by atoms with van der Waals surface area (Å²) >= 11 is 0. The molecule has 0 rings (SSSR count). The van der Waals surface area contributed by atoms with Gasteiger partial charge < -0.3 is 14.2 Å². The Kier molecular flexibility index (Phi) is 50.9. The second-order valence-corrected chi connectivity index (χ2v) is 18.2. The van der Waals surface area contributed by atoms with E-state index in [2.05, 4.69) is 45.1 Å². The van der Waals surface area contributed by atoms with Crippen LogP contribution in [0.15, 0.2) is 72.9 Å². The second-order valence-electron chi connectivity index (χ2n) is 18.2. The maximum atomic E-state index is 12.8. The number of allylic oxidation sites excluding steroid dienone is 12. The number of rotatable bonds is 49. The zero-order valence-electron chi connectivity index (χ0n) is 42.7. The Morgan fingerprint density at radius 3 is 1.00 bits per heavy atom. The fourth-order valence-corrected chi connectivity index (χ4v) is 7.69. The lowest BCUT2D eigenvalue weighted by molar-refractivity contribution is -0.167. The van der Waals surface area contributed by atoms with Crippen molar-refractivity contribution in [2.75, 3.05) is 13.2 Å². The van der Waals surface area contributed by atoms with E-state index in [9.17, 15) is 14.4 Å². The molecule has 0 aliphatic heterocycles. The third kappa shape index (κ3) is 51.7. The molecule has 6 heteroatoms. The van der Waals surface area contributed by atoms with Crippen molar-refractivity contribution in [2.45, 2.75) is 271 Å². The molecule has 0 radical (unpaired) electrons. The van der Waals surface area contributed by atoms with Crippen LogP contribution in [0.3, 0.4) is 0 Å². The van der Waals surface area contributed by atoms with Crippen molar-refractivity contribution in [2.24, 2.45) is 0 Å². The highest BCUT2D eigenvalue weighted by atomic mass is 16.6. The van der Waals surface area contributed by atoms with Crippen LogP contribution in [-0.2, 0) is 28.6 Å². The van der Waals surface area contributed by atoms with E-state index in [0.717, 1.165) is 70.6 Å². The van der Waals surface area contributed by atoms with Gasteiger partial charge in [-0.2, -0.15) is 0 Å². The van der Waals surface area contributed by atoms with Crippen molar-refractivity contribution in [1.82, 2.24) is 0 Å². The van der Waals surface area contributed by atoms with Gasteiger partial charge in [-0.25, -0.2) is 0 Å². The quantitative estimate of drug-likeness (QED) is 0.0199. The van der Waals surface area contributed by atoms with Gasteiger partial charge in [0.05, 0.1) is 0 Å². The van der Waals surface area contributed by atoms with E-state index in [1.54, 1.807) is 0 Å². The fourth-order valence-electron chi connectivity index (χ4n) is 7.69. The smallest absolute Gasteiger partial charge is 0.306 e. The summed E-state index contributed by atoms with van der Waals surface area (Å²) in [6.07, 6.45) is 67.4. The van der Waals surface area contributed by atoms with E-state index in [4.69, 9.17) is 14.2 Å². The van der Waals surface area contributed by atoms with E-state index in [0.29, 0.717) is 19.3 Å². The normalized spacial score (nSPS) is 12.6. The van der Waals surface area contributed by atoms with E-state index < -0.39 is 6.10 Å². The lowest BCUT2D eigenvalue weighted by Gasteiger charge is -2.18. The summed E-state index contributed by atoms with van der Waals surface area (Å²) in [6, 6.07) is 0. The van der Waals surface area contributed by atoms with Crippen molar-refractivity contribution < 1.29 is 28.6 Å². The van der Waals surface area contributed by atoms with Gasteiger partial charge in [-0.1, -0.05) is 254 Å². The molecule has 0 bridgehead atoms. The Hall–Kier alpha value is -3.15. The summed E-state index contributed by atoms with van der Waals surface area (Å²) in [4.78, 5) is 38.1. The lowest BCUT2D eigenvalue weighted by atomic mass is 10.0. The Morgan fingerprint density at radius 1 is 0.323 bits per heavy atom. The fraction of sp³-hybridized carbons (Fsp3) is 0.746. The highest BCUT2D eigenvalue weighted by molar-refractivity contribution is 5.71. The molecule has 1 unspecified atom stereocenters. The predicted molar refractivity (Wildman–Crippen MR) is 279 cm³/mol. The van der Waals surface area contributed by atoms with Gasteiger partial charge in [0, 0.05) is 19.3 Å². The van der Waals surface area contributed by atoms with Gasteiger partial charge in [-0.05, 0) is 64.2 Å². The third-order valence-corrected chi connectivity index (χ3v) is 11.8. The van der Waals surface area contributed by atoms with Crippen LogP contribution in [0.2, 0.25) is 0 Å². The summed E-state index contributed by atoms with van der Waals surface area (Å²) in [5.41, 5.74) is 0. The zero-order chi connectivity index (χ0) is 47.2. The van der Waals surface area contributed by atoms with Crippen LogP contribution in [0.25, 0.3) is 0 Å². The molecule has 0 amide bonds. The molecular formula is C59H102O6. The molecule has 0 aliphatic carbocycles. The molecule has 0 saturated carbocycles. The standard InChI is InChI=1S/C59H102O6/c1-4-7-10-13-16-19-22-25-28-29-30-32-34-37-40-43-46-49-52-58(61)64-55-56(54-63-57(60)51-48-45-42-39-36-33-27-24-21-18-15-12-9-6-3)65-59(62)53-50-47-44-41-38-35-31-26-23-20-17-14-11-8-5-2/h8,11,14,17,20,23,26,30-32,35,38,56H,4-7,9-10,12-13,15-16,18-19,21-22,24-25,27-29,33-34,36-37,39-55H2,1-3H3/b11-8-,17-14-,23-20-,31-26-,32-30-,38-35-. The van der Waals surface area contributed by atoms with Crippen molar-refractivity contribution >= 4 is 17.9 Å². The minimum absolute atomic E-state index is 0.0935. The molecule has 374 valence electrons. The van der Waals surface area contributed by atoms with Crippen LogP contribution >= 0.6 is 0 Å². The van der Waals surface area contributed by atoms with Gasteiger partial charge in [0.2, 0.25) is 0 Å². The molecule has 0 spiro atoms. The summed E-state index contributed by atoms with van der Waals surface area (Å²) in [7, 11) is 0. The molecule has 0 aromatic carbocycles. The summed E-state index contributed by atoms with van der Waals surface area (Å²) in [5.74, 6) is -0.937. The van der Waals surface area contributed by atoms with Crippen molar-refractivity contribution in [3.8, 4) is 0 Å². The minimum atomic E-state index is -0.799. The molecule has 65 heavy (non-hydrogen) atoms. The maximum Gasteiger partial charge on any atom is 0.306 e. The SMILES string of the molecule is CC\C=C/C=C\C=C/C=C\C=C/CCCCCC(=O)OC(COC(=O)CCCCCCC/C=C\CCCCCCCCCCC)COC(=O)CCCCCCCCCCCCCCCC. The molecule has 0 N–H and O–H groups in total. The first-order valence-corrected chi connectivity index (χ1v) is 27.5. The molecule has 6 nitrogen and oxygen atoms in total. The van der Waals surface area contributed by atoms with E-state index in [1.807, 2.05) is 48.6 Å². The molecule has 0 aromatic heterocycles. The molecule has 0 heterocycles. The molecule has 1 atom stereocenters. The summed E-state index contributed by atoms with van der Waals surface area (Å²) < 4.78 is 16.8. The Balaban J connectivity index is 4.43. The summed E-state index contributed by atoms with van der Waals surface area (Å²) in [6.45, 7) is 6.47. The Morgan fingerprint density at radius 2 is 0.615 bits per heavy atom. The molecule has 0 aliphatic rings. The number of carbonyl (C=O) groups excluding carboxylic acids is 3. The van der Waals surface area contributed by atoms with Crippen LogP contribution in [0.4, 0.5) is 0 Å². The first-order valence-electron chi connectivity index (χ1n) is 27.5. The monoisotopic (exact) mass is 907 g/mol. The minimum Gasteiger partial charge on any atom is -0.462 e. The van der Waals surface area contributed by atoms with Crippen LogP contribution in [0.1, 0.15) is 265 Å². The van der Waals surface area contributed by atoms with Crippen molar-refractivity contribution in [1.29, 1.82) is 0 Å². The second kappa shape index (κ2) is 53.5. The van der Waals surface area contributed by atoms with Gasteiger partial charge in [-0.15, -0.1) is 0 Å². The maximum absolute atomic E-state index is 12.8. The lowest BCUT2D eigenvalue weighted by Crippen LogP contribution is -2.30. The van der Waals surface area contributed by atoms with Gasteiger partial charge in [0.1, 0.15) is 13.2 Å². The Labute approximate surface area is 402 Å².